The summed E-state index contributed by atoms with van der Waals surface area (Å²) >= 11 is -3.02. The van der Waals surface area contributed by atoms with Gasteiger partial charge in [0.25, 0.3) is 0 Å². The molecule has 22 heavy (non-hydrogen) atoms. The van der Waals surface area contributed by atoms with E-state index in [2.05, 4.69) is 69.8 Å². The fourth-order valence-corrected chi connectivity index (χ4v) is 27.2. The average Bonchev–Trinajstić information content (AvgIpc) is 2.65. The second-order valence-electron chi connectivity index (χ2n) is 8.04. The van der Waals surface area contributed by atoms with Crippen molar-refractivity contribution in [2.75, 3.05) is 0 Å². The first-order valence-electron chi connectivity index (χ1n) is 7.83. The van der Waals surface area contributed by atoms with Crippen LogP contribution in [0.4, 0.5) is 0 Å². The van der Waals surface area contributed by atoms with E-state index in [0.717, 1.165) is 0 Å². The Kier molecular flexibility index (Phi) is 7.07. The van der Waals surface area contributed by atoms with Crippen LogP contribution in [0.5, 0.6) is 0 Å². The quantitative estimate of drug-likeness (QED) is 0.471. The molecule has 0 bridgehead atoms. The van der Waals surface area contributed by atoms with Gasteiger partial charge in [-0.2, -0.15) is 0 Å². The smallest absolute Gasteiger partial charge is 0.147 e. The summed E-state index contributed by atoms with van der Waals surface area (Å²) < 4.78 is 8.96. The molecule has 0 amide bonds. The molecule has 0 spiro atoms. The molecule has 0 N–H and O–H groups in total. The van der Waals surface area contributed by atoms with Gasteiger partial charge < -0.3 is 0 Å². The molecule has 126 valence electrons. The van der Waals surface area contributed by atoms with Crippen LogP contribution in [0.2, 0.25) is 9.26 Å². The molecular formula is C18H32Cl2SiZr. The molecule has 0 aromatic heterocycles. The number of hydrogen-bond donors (Lipinski definition) is 0. The fraction of sp³-hybridized carbons (Fsp3) is 0.556. The van der Waals surface area contributed by atoms with Gasteiger partial charge in [-0.3, -0.25) is 0 Å². The van der Waals surface area contributed by atoms with Gasteiger partial charge >= 0.3 is 128 Å². The Balaban J connectivity index is 0.00000220. The summed E-state index contributed by atoms with van der Waals surface area (Å²) in [7, 11) is 0. The standard InChI is InChI=1S/2C8H11.2CH3.2ClH.H2Si.Zr/c2*1-6-4-7(2)8(3)5-6;;;;;;/h2*4,6H,1-3H3;2*1H3;2*1H;1H2;. The van der Waals surface area contributed by atoms with Gasteiger partial charge in [0.05, 0.1) is 0 Å². The minimum absolute atomic E-state index is 0. The van der Waals surface area contributed by atoms with Crippen molar-refractivity contribution in [1.82, 2.24) is 0 Å². The van der Waals surface area contributed by atoms with Gasteiger partial charge in [-0.15, -0.1) is 24.8 Å². The molecule has 0 radical (unpaired) electrons. The Labute approximate surface area is 151 Å². The van der Waals surface area contributed by atoms with Crippen LogP contribution in [-0.2, 0) is 17.4 Å². The average molecular weight is 439 g/mol. The molecule has 0 aliphatic heterocycles. The third kappa shape index (κ3) is 3.37. The van der Waals surface area contributed by atoms with Gasteiger partial charge in [-0.25, -0.2) is 0 Å². The molecule has 2 rings (SSSR count). The van der Waals surface area contributed by atoms with Crippen LogP contribution in [0.25, 0.3) is 0 Å². The molecule has 0 aromatic rings. The van der Waals surface area contributed by atoms with Crippen LogP contribution in [0.3, 0.4) is 0 Å². The van der Waals surface area contributed by atoms with Crippen LogP contribution < -0.4 is 0 Å². The molecule has 2 atom stereocenters. The molecule has 0 saturated carbocycles. The first-order chi connectivity index (χ1) is 8.96. The predicted octanol–water partition coefficient (Wildman–Crippen LogP) is 5.90. The van der Waals surface area contributed by atoms with Crippen LogP contribution in [0.1, 0.15) is 41.5 Å². The van der Waals surface area contributed by atoms with Gasteiger partial charge in [0.1, 0.15) is 0 Å². The van der Waals surface area contributed by atoms with Crippen molar-refractivity contribution in [1.29, 1.82) is 0 Å². The van der Waals surface area contributed by atoms with Crippen LogP contribution in [0, 0.1) is 11.8 Å². The Hall–Kier alpha value is 0.640. The molecule has 0 aromatic carbocycles. The third-order valence-electron chi connectivity index (χ3n) is 5.63. The van der Waals surface area contributed by atoms with Crippen LogP contribution in [0.15, 0.2) is 41.0 Å². The minimum atomic E-state index is -3.02. The van der Waals surface area contributed by atoms with Crippen molar-refractivity contribution in [3.8, 4) is 0 Å². The van der Waals surface area contributed by atoms with E-state index in [1.165, 1.54) is 11.1 Å². The van der Waals surface area contributed by atoms with E-state index < -0.39 is 17.4 Å². The normalized spacial score (nSPS) is 25.7. The van der Waals surface area contributed by atoms with Crippen molar-refractivity contribution >= 4 is 31.7 Å². The Bertz CT molecular complexity index is 619. The Morgan fingerprint density at radius 3 is 1.23 bits per heavy atom. The molecule has 2 aliphatic carbocycles. The van der Waals surface area contributed by atoms with Crippen molar-refractivity contribution < 1.29 is 17.4 Å². The molecule has 2 aliphatic rings. The number of halogens is 2. The second-order valence-corrected chi connectivity index (χ2v) is 36.4. The summed E-state index contributed by atoms with van der Waals surface area (Å²) in [5.74, 6) is 1.28. The molecule has 2 unspecified atom stereocenters. The molecule has 0 saturated heterocycles. The summed E-state index contributed by atoms with van der Waals surface area (Å²) in [6.07, 6.45) is 4.96. The first-order valence-corrected chi connectivity index (χ1v) is 21.1. The SMILES string of the molecule is CC1=CC(C)[C]([Zr]([CH3])([CH3])(=[SiH2])[C]2=C(C)C(C)=CC2C)=C1C.Cl.Cl. The van der Waals surface area contributed by atoms with Gasteiger partial charge in [-0.05, 0) is 0 Å². The van der Waals surface area contributed by atoms with E-state index in [9.17, 15) is 0 Å². The van der Waals surface area contributed by atoms with Crippen LogP contribution in [-0.4, -0.2) is 6.88 Å². The summed E-state index contributed by atoms with van der Waals surface area (Å²) in [5.41, 5.74) is 6.22. The summed E-state index contributed by atoms with van der Waals surface area (Å²) in [6.45, 7) is 16.5. The van der Waals surface area contributed by atoms with E-state index in [0.29, 0.717) is 11.8 Å². The first kappa shape index (κ1) is 22.6. The van der Waals surface area contributed by atoms with E-state index in [1.54, 1.807) is 11.1 Å². The Morgan fingerprint density at radius 1 is 0.773 bits per heavy atom. The maximum absolute atomic E-state index is 3.02. The van der Waals surface area contributed by atoms with E-state index in [-0.39, 0.29) is 24.8 Å². The maximum atomic E-state index is 2.66. The van der Waals surface area contributed by atoms with Gasteiger partial charge in [0.2, 0.25) is 0 Å². The Morgan fingerprint density at radius 2 is 1.05 bits per heavy atom. The summed E-state index contributed by atoms with van der Waals surface area (Å²) in [6, 6.07) is 0. The van der Waals surface area contributed by atoms with Crippen molar-refractivity contribution in [3.63, 3.8) is 0 Å². The van der Waals surface area contributed by atoms with E-state index >= 15 is 0 Å². The van der Waals surface area contributed by atoms with Crippen LogP contribution >= 0.6 is 24.8 Å². The summed E-state index contributed by atoms with van der Waals surface area (Å²) in [5, 5.41) is 0. The third-order valence-corrected chi connectivity index (χ3v) is 22.7. The van der Waals surface area contributed by atoms with E-state index in [1.807, 2.05) is 6.56 Å². The number of rotatable bonds is 2. The number of allylic oxidation sites excluding steroid dienone is 8. The fourth-order valence-electron chi connectivity index (χ4n) is 5.08. The van der Waals surface area contributed by atoms with Gasteiger partial charge in [0.15, 0.2) is 0 Å². The van der Waals surface area contributed by atoms with Crippen molar-refractivity contribution in [2.24, 2.45) is 11.8 Å². The van der Waals surface area contributed by atoms with E-state index in [4.69, 9.17) is 0 Å². The summed E-state index contributed by atoms with van der Waals surface area (Å²) in [4.78, 5) is 0. The zero-order valence-electron chi connectivity index (χ0n) is 15.3. The topological polar surface area (TPSA) is 0 Å². The van der Waals surface area contributed by atoms with Crippen molar-refractivity contribution in [3.05, 3.63) is 41.0 Å². The zero-order valence-corrected chi connectivity index (χ0v) is 20.8. The predicted molar refractivity (Wildman–Crippen MR) is 106 cm³/mol. The molecule has 4 heteroatoms. The molecule has 0 heterocycles. The molecule has 0 fully saturated rings. The molecular weight excluding hydrogens is 406 g/mol. The monoisotopic (exact) mass is 436 g/mol. The van der Waals surface area contributed by atoms with Gasteiger partial charge in [0, 0.05) is 0 Å². The molecule has 0 nitrogen and oxygen atoms in total. The number of hydrogen-bond acceptors (Lipinski definition) is 0. The zero-order chi connectivity index (χ0) is 15.5. The maximum Gasteiger partial charge on any atom is -0.147 e. The second kappa shape index (κ2) is 6.87. The minimum Gasteiger partial charge on any atom is -0.147 e. The van der Waals surface area contributed by atoms with Gasteiger partial charge in [-0.1, -0.05) is 0 Å². The largest absolute Gasteiger partial charge is 0.147 e. The van der Waals surface area contributed by atoms with Crippen molar-refractivity contribution in [2.45, 2.75) is 50.8 Å².